The summed E-state index contributed by atoms with van der Waals surface area (Å²) in [5.41, 5.74) is 0.124. The summed E-state index contributed by atoms with van der Waals surface area (Å²) < 4.78 is 25.0. The van der Waals surface area contributed by atoms with E-state index in [0.717, 1.165) is 0 Å². The highest BCUT2D eigenvalue weighted by Gasteiger charge is 2.32. The number of esters is 1. The van der Waals surface area contributed by atoms with Crippen LogP contribution in [0.5, 0.6) is 11.5 Å². The molecule has 0 radical (unpaired) electrons. The summed E-state index contributed by atoms with van der Waals surface area (Å²) in [4.78, 5) is 29.1. The Kier molecular flexibility index (Phi) is 8.39. The van der Waals surface area contributed by atoms with E-state index in [2.05, 4.69) is 4.98 Å². The van der Waals surface area contributed by atoms with Gasteiger partial charge in [-0.2, -0.15) is 0 Å². The number of aromatic hydroxyl groups is 1. The van der Waals surface area contributed by atoms with Gasteiger partial charge in [-0.3, -0.25) is 9.59 Å². The zero-order valence-electron chi connectivity index (χ0n) is 18.2. The van der Waals surface area contributed by atoms with E-state index in [1.54, 1.807) is 19.9 Å². The minimum atomic E-state index is -0.800. The summed E-state index contributed by atoms with van der Waals surface area (Å²) >= 11 is 6.22. The molecule has 0 saturated heterocycles. The van der Waals surface area contributed by atoms with E-state index in [1.165, 1.54) is 31.5 Å². The minimum absolute atomic E-state index is 0.0629. The number of hydrogen-bond acceptors (Lipinski definition) is 6. The normalized spacial score (nSPS) is 14.1. The van der Waals surface area contributed by atoms with E-state index in [0.29, 0.717) is 5.56 Å². The molecular formula is C23H27ClFNO5. The molecule has 3 atom stereocenters. The second kappa shape index (κ2) is 10.6. The third-order valence-electron chi connectivity index (χ3n) is 5.12. The standard InChI is InChI=1S/C23H27ClFNO5/c1-12(2)19(20-15(24)7-6-8-16(20)25)14(4)31-23(29)13(3)11-17(27)21-22(28)18(30-5)9-10-26-21/h6-10,12-14,19,28H,11H2,1-5H3/t13-,14+,19-/m1/s1. The predicted octanol–water partition coefficient (Wildman–Crippen LogP) is 5.17. The monoisotopic (exact) mass is 451 g/mol. The Morgan fingerprint density at radius 1 is 1.19 bits per heavy atom. The lowest BCUT2D eigenvalue weighted by Gasteiger charge is -2.29. The Bertz CT molecular complexity index is 929. The number of halogens is 2. The average Bonchev–Trinajstić information content (AvgIpc) is 2.70. The van der Waals surface area contributed by atoms with Gasteiger partial charge in [0, 0.05) is 35.2 Å². The van der Waals surface area contributed by atoms with Crippen molar-refractivity contribution in [2.75, 3.05) is 7.11 Å². The van der Waals surface area contributed by atoms with Gasteiger partial charge >= 0.3 is 5.97 Å². The zero-order chi connectivity index (χ0) is 23.3. The highest BCUT2D eigenvalue weighted by atomic mass is 35.5. The first-order valence-corrected chi connectivity index (χ1v) is 10.4. The molecule has 31 heavy (non-hydrogen) atoms. The van der Waals surface area contributed by atoms with E-state index >= 15 is 0 Å². The molecular weight excluding hydrogens is 425 g/mol. The van der Waals surface area contributed by atoms with Crippen molar-refractivity contribution < 1.29 is 28.6 Å². The molecule has 1 aromatic carbocycles. The molecule has 168 valence electrons. The highest BCUT2D eigenvalue weighted by Crippen LogP contribution is 2.36. The topological polar surface area (TPSA) is 85.7 Å². The second-order valence-corrected chi connectivity index (χ2v) is 8.19. The van der Waals surface area contributed by atoms with Gasteiger partial charge in [0.05, 0.1) is 13.0 Å². The summed E-state index contributed by atoms with van der Waals surface area (Å²) in [6.45, 7) is 7.00. The van der Waals surface area contributed by atoms with Gasteiger partial charge in [-0.05, 0) is 25.0 Å². The molecule has 6 nitrogen and oxygen atoms in total. The number of carbonyl (C=O) groups is 2. The molecule has 0 saturated carbocycles. The van der Waals surface area contributed by atoms with Crippen LogP contribution in [0.3, 0.4) is 0 Å². The van der Waals surface area contributed by atoms with Crippen LogP contribution in [0.2, 0.25) is 5.02 Å². The average molecular weight is 452 g/mol. The Hall–Kier alpha value is -2.67. The Morgan fingerprint density at radius 2 is 1.87 bits per heavy atom. The number of hydrogen-bond donors (Lipinski definition) is 1. The number of Topliss-reactive ketones (excluding diaryl/α,β-unsaturated/α-hetero) is 1. The van der Waals surface area contributed by atoms with Gasteiger partial charge in [-0.1, -0.05) is 38.4 Å². The molecule has 1 aromatic heterocycles. The van der Waals surface area contributed by atoms with Crippen molar-refractivity contribution in [2.24, 2.45) is 11.8 Å². The Balaban J connectivity index is 2.13. The largest absolute Gasteiger partial charge is 0.503 e. The number of rotatable bonds is 9. The molecule has 0 aliphatic heterocycles. The minimum Gasteiger partial charge on any atom is -0.503 e. The van der Waals surface area contributed by atoms with Gasteiger partial charge in [0.25, 0.3) is 0 Å². The van der Waals surface area contributed by atoms with Gasteiger partial charge in [0.2, 0.25) is 0 Å². The molecule has 0 spiro atoms. The first kappa shape index (κ1) is 24.6. The van der Waals surface area contributed by atoms with Crippen molar-refractivity contribution in [3.05, 3.63) is 52.6 Å². The Morgan fingerprint density at radius 3 is 2.45 bits per heavy atom. The molecule has 8 heteroatoms. The number of methoxy groups -OCH3 is 1. The second-order valence-electron chi connectivity index (χ2n) is 7.79. The van der Waals surface area contributed by atoms with Gasteiger partial charge in [-0.15, -0.1) is 0 Å². The molecule has 2 aromatic rings. The van der Waals surface area contributed by atoms with Crippen LogP contribution in [0, 0.1) is 17.7 Å². The maximum Gasteiger partial charge on any atom is 0.309 e. The van der Waals surface area contributed by atoms with Crippen molar-refractivity contribution in [3.8, 4) is 11.5 Å². The quantitative estimate of drug-likeness (QED) is 0.418. The maximum absolute atomic E-state index is 14.5. The van der Waals surface area contributed by atoms with Crippen molar-refractivity contribution in [3.63, 3.8) is 0 Å². The molecule has 0 aliphatic carbocycles. The zero-order valence-corrected chi connectivity index (χ0v) is 18.9. The van der Waals surface area contributed by atoms with E-state index < -0.39 is 35.5 Å². The maximum atomic E-state index is 14.5. The fourth-order valence-electron chi connectivity index (χ4n) is 3.58. The van der Waals surface area contributed by atoms with Crippen LogP contribution in [0.15, 0.2) is 30.5 Å². The molecule has 0 unspecified atom stereocenters. The van der Waals surface area contributed by atoms with Crippen LogP contribution in [0.4, 0.5) is 4.39 Å². The van der Waals surface area contributed by atoms with Crippen LogP contribution >= 0.6 is 11.6 Å². The SMILES string of the molecule is COc1ccnc(C(=O)C[C@@H](C)C(=O)O[C@@H](C)[C@H](c2c(F)cccc2Cl)C(C)C)c1O. The molecule has 0 aliphatic rings. The predicted molar refractivity (Wildman–Crippen MR) is 115 cm³/mol. The smallest absolute Gasteiger partial charge is 0.309 e. The van der Waals surface area contributed by atoms with Crippen LogP contribution in [-0.2, 0) is 9.53 Å². The number of aromatic nitrogens is 1. The van der Waals surface area contributed by atoms with Gasteiger partial charge in [-0.25, -0.2) is 9.37 Å². The summed E-state index contributed by atoms with van der Waals surface area (Å²) in [7, 11) is 1.36. The third-order valence-corrected chi connectivity index (χ3v) is 5.45. The summed E-state index contributed by atoms with van der Waals surface area (Å²) in [5.74, 6) is -3.19. The molecule has 0 bridgehead atoms. The van der Waals surface area contributed by atoms with Crippen LogP contribution in [0.1, 0.15) is 56.1 Å². The molecule has 1 N–H and O–H groups in total. The van der Waals surface area contributed by atoms with Gasteiger partial charge in [0.1, 0.15) is 11.9 Å². The van der Waals surface area contributed by atoms with E-state index in [1.807, 2.05) is 13.8 Å². The van der Waals surface area contributed by atoms with Crippen molar-refractivity contribution in [1.82, 2.24) is 4.98 Å². The molecule has 2 rings (SSSR count). The molecule has 0 fully saturated rings. The number of pyridine rings is 1. The van der Waals surface area contributed by atoms with Crippen LogP contribution in [0.25, 0.3) is 0 Å². The lowest BCUT2D eigenvalue weighted by molar-refractivity contribution is -0.154. The summed E-state index contributed by atoms with van der Waals surface area (Å²) in [5, 5.41) is 10.4. The van der Waals surface area contributed by atoms with E-state index in [4.69, 9.17) is 21.1 Å². The Labute approximate surface area is 186 Å². The number of benzene rings is 1. The summed E-state index contributed by atoms with van der Waals surface area (Å²) in [6.07, 6.45) is 0.441. The molecule has 1 heterocycles. The lowest BCUT2D eigenvalue weighted by Crippen LogP contribution is -2.30. The fourth-order valence-corrected chi connectivity index (χ4v) is 3.86. The van der Waals surface area contributed by atoms with Gasteiger partial charge in [0.15, 0.2) is 23.0 Å². The van der Waals surface area contributed by atoms with Crippen LogP contribution < -0.4 is 4.74 Å². The van der Waals surface area contributed by atoms with Crippen molar-refractivity contribution >= 4 is 23.4 Å². The van der Waals surface area contributed by atoms with Crippen molar-refractivity contribution in [1.29, 1.82) is 0 Å². The fraction of sp³-hybridized carbons (Fsp3) is 0.435. The van der Waals surface area contributed by atoms with E-state index in [-0.39, 0.29) is 34.6 Å². The van der Waals surface area contributed by atoms with Crippen molar-refractivity contribution in [2.45, 2.75) is 46.1 Å². The summed E-state index contributed by atoms with van der Waals surface area (Å²) in [6, 6.07) is 5.86. The third kappa shape index (κ3) is 5.73. The highest BCUT2D eigenvalue weighted by molar-refractivity contribution is 6.31. The number of carbonyl (C=O) groups excluding carboxylic acids is 2. The van der Waals surface area contributed by atoms with E-state index in [9.17, 15) is 19.1 Å². The molecule has 0 amide bonds. The van der Waals surface area contributed by atoms with Crippen LogP contribution in [-0.4, -0.2) is 35.1 Å². The number of ether oxygens (including phenoxy) is 2. The van der Waals surface area contributed by atoms with Gasteiger partial charge < -0.3 is 14.6 Å². The first-order valence-electron chi connectivity index (χ1n) is 9.98. The number of ketones is 1. The lowest BCUT2D eigenvalue weighted by atomic mass is 9.84. The number of nitrogens with zero attached hydrogens (tertiary/aromatic N) is 1. The first-order chi connectivity index (χ1) is 14.6.